The number of rotatable bonds is 5. The Labute approximate surface area is 201 Å². The first-order chi connectivity index (χ1) is 15.4. The molecule has 2 saturated heterocycles. The zero-order valence-corrected chi connectivity index (χ0v) is 20.2. The zero-order valence-electron chi connectivity index (χ0n) is 17.8. The van der Waals surface area contributed by atoms with Crippen LogP contribution in [-0.2, 0) is 9.59 Å². The van der Waals surface area contributed by atoms with E-state index in [0.717, 1.165) is 50.0 Å². The highest BCUT2D eigenvalue weighted by Crippen LogP contribution is 2.27. The number of phenolic OH excluding ortho intramolecular Hbond substituents is 1. The minimum atomic E-state index is -0.170. The van der Waals surface area contributed by atoms with Crippen molar-refractivity contribution in [1.82, 2.24) is 14.7 Å². The van der Waals surface area contributed by atoms with Crippen molar-refractivity contribution in [3.05, 3.63) is 45.9 Å². The molecule has 2 N–H and O–H groups in total. The fourth-order valence-electron chi connectivity index (χ4n) is 4.50. The van der Waals surface area contributed by atoms with E-state index < -0.39 is 0 Å². The zero-order chi connectivity index (χ0) is 22.7. The van der Waals surface area contributed by atoms with Crippen molar-refractivity contribution in [2.24, 2.45) is 5.92 Å². The fraction of sp³-hybridized carbons (Fsp3) is 0.478. The molecule has 0 radical (unpaired) electrons. The van der Waals surface area contributed by atoms with Gasteiger partial charge in [0, 0.05) is 48.9 Å². The van der Waals surface area contributed by atoms with Gasteiger partial charge < -0.3 is 15.3 Å². The lowest BCUT2D eigenvalue weighted by Gasteiger charge is -2.39. The molecule has 2 aliphatic heterocycles. The van der Waals surface area contributed by atoms with Crippen LogP contribution in [0.3, 0.4) is 0 Å². The molecule has 32 heavy (non-hydrogen) atoms. The smallest absolute Gasteiger partial charge is 0.236 e. The van der Waals surface area contributed by atoms with Crippen LogP contribution in [-0.4, -0.2) is 83.5 Å². The van der Waals surface area contributed by atoms with Crippen LogP contribution in [0.1, 0.15) is 12.8 Å². The van der Waals surface area contributed by atoms with Gasteiger partial charge in [0.1, 0.15) is 5.75 Å². The molecule has 2 fully saturated rings. The summed E-state index contributed by atoms with van der Waals surface area (Å²) in [4.78, 5) is 31.9. The predicted molar refractivity (Wildman–Crippen MR) is 129 cm³/mol. The molecular formula is C23H28BrClN4O3. The minimum absolute atomic E-state index is 0.0176. The Hall–Kier alpha value is -1.87. The van der Waals surface area contributed by atoms with Crippen LogP contribution in [0, 0.1) is 5.92 Å². The number of allylic oxidation sites excluding steroid dienone is 2. The van der Waals surface area contributed by atoms with Gasteiger partial charge in [-0.25, -0.2) is 0 Å². The minimum Gasteiger partial charge on any atom is -0.506 e. The predicted octanol–water partition coefficient (Wildman–Crippen LogP) is 3.06. The van der Waals surface area contributed by atoms with Crippen molar-refractivity contribution >= 4 is 45.0 Å². The quantitative estimate of drug-likeness (QED) is 0.580. The van der Waals surface area contributed by atoms with Gasteiger partial charge in [0.15, 0.2) is 0 Å². The first-order valence-electron chi connectivity index (χ1n) is 11.0. The van der Waals surface area contributed by atoms with Gasteiger partial charge >= 0.3 is 0 Å². The summed E-state index contributed by atoms with van der Waals surface area (Å²) in [5.74, 6) is -0.139. The molecule has 0 saturated carbocycles. The molecule has 1 aromatic rings. The number of likely N-dealkylation sites (tertiary alicyclic amines) is 1. The van der Waals surface area contributed by atoms with Gasteiger partial charge in [-0.3, -0.25) is 19.4 Å². The van der Waals surface area contributed by atoms with Crippen LogP contribution in [0.25, 0.3) is 0 Å². The van der Waals surface area contributed by atoms with Crippen LogP contribution in [0.15, 0.2) is 40.9 Å². The summed E-state index contributed by atoms with van der Waals surface area (Å²) in [6, 6.07) is 5.00. The average molecular weight is 524 g/mol. The number of hydrogen-bond donors (Lipinski definition) is 2. The number of carbonyl (C=O) groups is 2. The third-order valence-electron chi connectivity index (χ3n) is 6.36. The van der Waals surface area contributed by atoms with Crippen molar-refractivity contribution in [1.29, 1.82) is 0 Å². The third kappa shape index (κ3) is 5.73. The molecule has 2 heterocycles. The number of halogens is 2. The standard InChI is InChI=1S/C23H28BrClN4O3/c24-17-2-1-3-19(12-17)28-8-10-29(11-9-28)22(31)15-27-7-6-16(14-27)23(32)26-18-4-5-21(30)20(25)13-18/h1-2,4-5,12-13,16,19,30H,3,6-11,14-15H2,(H,26,32)/t16-,19?/m1/s1. The normalized spacial score (nSPS) is 24.4. The number of amides is 2. The van der Waals surface area contributed by atoms with Gasteiger partial charge in [-0.1, -0.05) is 45.8 Å². The number of hydrogen-bond acceptors (Lipinski definition) is 5. The Morgan fingerprint density at radius 3 is 2.69 bits per heavy atom. The van der Waals surface area contributed by atoms with Gasteiger partial charge in [-0.2, -0.15) is 0 Å². The first-order valence-corrected chi connectivity index (χ1v) is 12.1. The number of carbonyl (C=O) groups excluding carboxylic acids is 2. The molecule has 9 heteroatoms. The second kappa shape index (κ2) is 10.4. The number of aromatic hydroxyl groups is 1. The highest BCUT2D eigenvalue weighted by molar-refractivity contribution is 9.11. The highest BCUT2D eigenvalue weighted by atomic mass is 79.9. The van der Waals surface area contributed by atoms with E-state index in [1.54, 1.807) is 6.07 Å². The van der Waals surface area contributed by atoms with Crippen LogP contribution < -0.4 is 5.32 Å². The summed E-state index contributed by atoms with van der Waals surface area (Å²) < 4.78 is 1.12. The van der Waals surface area contributed by atoms with E-state index in [2.05, 4.69) is 49.3 Å². The van der Waals surface area contributed by atoms with Crippen LogP contribution in [0.2, 0.25) is 5.02 Å². The third-order valence-corrected chi connectivity index (χ3v) is 7.19. The molecule has 2 amide bonds. The SMILES string of the molecule is O=C(Nc1ccc(O)c(Cl)c1)[C@@H]1CCN(CC(=O)N2CCN(C3C=C(Br)C=CC3)CC2)C1. The maximum atomic E-state index is 12.8. The number of phenols is 1. The molecule has 3 aliphatic rings. The molecule has 4 rings (SSSR count). The Kier molecular flexibility index (Phi) is 7.55. The van der Waals surface area contributed by atoms with Crippen LogP contribution in [0.4, 0.5) is 5.69 Å². The van der Waals surface area contributed by atoms with Crippen molar-refractivity contribution in [3.8, 4) is 5.75 Å². The number of benzene rings is 1. The van der Waals surface area contributed by atoms with E-state index in [1.165, 1.54) is 12.1 Å². The van der Waals surface area contributed by atoms with Gasteiger partial charge in [0.05, 0.1) is 17.5 Å². The van der Waals surface area contributed by atoms with E-state index >= 15 is 0 Å². The number of nitrogens with zero attached hydrogens (tertiary/aromatic N) is 3. The molecule has 0 bridgehead atoms. The van der Waals surface area contributed by atoms with Gasteiger partial charge in [-0.15, -0.1) is 0 Å². The van der Waals surface area contributed by atoms with Gasteiger partial charge in [0.2, 0.25) is 11.8 Å². The number of nitrogens with one attached hydrogen (secondary N) is 1. The summed E-state index contributed by atoms with van der Waals surface area (Å²) in [5.41, 5.74) is 0.556. The largest absolute Gasteiger partial charge is 0.506 e. The highest BCUT2D eigenvalue weighted by Gasteiger charge is 2.31. The summed E-state index contributed by atoms with van der Waals surface area (Å²) in [6.07, 6.45) is 8.23. The van der Waals surface area contributed by atoms with Crippen LogP contribution >= 0.6 is 27.5 Å². The molecule has 0 spiro atoms. The monoisotopic (exact) mass is 522 g/mol. The second-order valence-electron chi connectivity index (χ2n) is 8.55. The van der Waals surface area contributed by atoms with E-state index in [9.17, 15) is 14.7 Å². The summed E-state index contributed by atoms with van der Waals surface area (Å²) >= 11 is 9.46. The fourth-order valence-corrected chi connectivity index (χ4v) is 5.17. The molecule has 1 unspecified atom stereocenters. The van der Waals surface area contributed by atoms with E-state index in [0.29, 0.717) is 24.8 Å². The Bertz CT molecular complexity index is 930. The van der Waals surface area contributed by atoms with Crippen molar-refractivity contribution in [2.75, 3.05) is 51.1 Å². The first kappa shape index (κ1) is 23.3. The van der Waals surface area contributed by atoms with E-state index in [-0.39, 0.29) is 28.5 Å². The van der Waals surface area contributed by atoms with Crippen LogP contribution in [0.5, 0.6) is 5.75 Å². The molecule has 0 aromatic heterocycles. The number of anilines is 1. The second-order valence-corrected chi connectivity index (χ2v) is 9.87. The van der Waals surface area contributed by atoms with Crippen molar-refractivity contribution in [3.63, 3.8) is 0 Å². The lowest BCUT2D eigenvalue weighted by molar-refractivity contribution is -0.134. The molecule has 172 valence electrons. The molecular weight excluding hydrogens is 496 g/mol. The van der Waals surface area contributed by atoms with Gasteiger partial charge in [0.25, 0.3) is 0 Å². The Balaban J connectivity index is 1.21. The van der Waals surface area contributed by atoms with Gasteiger partial charge in [-0.05, 0) is 37.6 Å². The lowest BCUT2D eigenvalue weighted by atomic mass is 10.1. The Morgan fingerprint density at radius 1 is 1.19 bits per heavy atom. The lowest BCUT2D eigenvalue weighted by Crippen LogP contribution is -2.53. The average Bonchev–Trinajstić information content (AvgIpc) is 3.25. The summed E-state index contributed by atoms with van der Waals surface area (Å²) in [7, 11) is 0. The topological polar surface area (TPSA) is 76.1 Å². The number of piperazine rings is 1. The molecule has 1 aliphatic carbocycles. The Morgan fingerprint density at radius 2 is 1.97 bits per heavy atom. The van der Waals surface area contributed by atoms with E-state index in [1.807, 2.05) is 4.90 Å². The van der Waals surface area contributed by atoms with Crippen molar-refractivity contribution in [2.45, 2.75) is 18.9 Å². The molecule has 1 aromatic carbocycles. The summed E-state index contributed by atoms with van der Waals surface area (Å²) in [5, 5.41) is 12.6. The maximum Gasteiger partial charge on any atom is 0.236 e. The van der Waals surface area contributed by atoms with E-state index in [4.69, 9.17) is 11.6 Å². The maximum absolute atomic E-state index is 12.8. The molecule has 7 nitrogen and oxygen atoms in total. The summed E-state index contributed by atoms with van der Waals surface area (Å²) in [6.45, 7) is 4.88. The van der Waals surface area contributed by atoms with Crippen molar-refractivity contribution < 1.29 is 14.7 Å². The molecule has 2 atom stereocenters.